The maximum atomic E-state index is 4.30. The lowest BCUT2D eigenvalue weighted by atomic mass is 9.96. The van der Waals surface area contributed by atoms with Crippen LogP contribution in [0.2, 0.25) is 0 Å². The lowest BCUT2D eigenvalue weighted by molar-refractivity contribution is 0.277. The van der Waals surface area contributed by atoms with Crippen molar-refractivity contribution in [3.05, 3.63) is 0 Å². The fourth-order valence-corrected chi connectivity index (χ4v) is 2.24. The van der Waals surface area contributed by atoms with Crippen molar-refractivity contribution in [3.8, 4) is 0 Å². The minimum atomic E-state index is 0. The van der Waals surface area contributed by atoms with E-state index >= 15 is 0 Å². The van der Waals surface area contributed by atoms with E-state index < -0.39 is 0 Å². The largest absolute Gasteiger partial charge is 0.355 e. The first-order valence-electron chi connectivity index (χ1n) is 7.31. The molecule has 0 radical (unpaired) electrons. The molecule has 114 valence electrons. The summed E-state index contributed by atoms with van der Waals surface area (Å²) in [5, 5.41) is 6.93. The molecule has 1 aliphatic rings. The fraction of sp³-hybridized carbons (Fsp3) is 0.929. The van der Waals surface area contributed by atoms with Crippen LogP contribution in [0.3, 0.4) is 0 Å². The van der Waals surface area contributed by atoms with Gasteiger partial charge in [0, 0.05) is 32.2 Å². The lowest BCUT2D eigenvalue weighted by Gasteiger charge is -2.26. The van der Waals surface area contributed by atoms with Crippen LogP contribution in [0.4, 0.5) is 0 Å². The van der Waals surface area contributed by atoms with Gasteiger partial charge in [-0.3, -0.25) is 4.99 Å². The molecule has 2 N–H and O–H groups in total. The Bertz CT molecular complexity index is 250. The van der Waals surface area contributed by atoms with E-state index in [2.05, 4.69) is 41.4 Å². The zero-order chi connectivity index (χ0) is 13.4. The molecule has 0 aromatic rings. The lowest BCUT2D eigenvalue weighted by Crippen LogP contribution is -2.46. The van der Waals surface area contributed by atoms with Gasteiger partial charge in [0.05, 0.1) is 0 Å². The van der Waals surface area contributed by atoms with Gasteiger partial charge in [-0.15, -0.1) is 24.0 Å². The molecule has 19 heavy (non-hydrogen) atoms. The average Bonchev–Trinajstić information content (AvgIpc) is 2.38. The van der Waals surface area contributed by atoms with Gasteiger partial charge < -0.3 is 15.5 Å². The van der Waals surface area contributed by atoms with E-state index in [-0.39, 0.29) is 24.0 Å². The van der Waals surface area contributed by atoms with Crippen molar-refractivity contribution >= 4 is 29.9 Å². The van der Waals surface area contributed by atoms with Gasteiger partial charge in [-0.1, -0.05) is 19.3 Å². The Morgan fingerprint density at radius 2 is 1.89 bits per heavy atom. The van der Waals surface area contributed by atoms with E-state index in [1.54, 1.807) is 0 Å². The topological polar surface area (TPSA) is 39.7 Å². The molecular weight excluding hydrogens is 351 g/mol. The molecule has 5 heteroatoms. The SMILES string of the molecule is CN=C(NCCN(C)C(C)C)NC1CCCCC1.I. The summed E-state index contributed by atoms with van der Waals surface area (Å²) in [6.45, 7) is 6.42. The first kappa shape index (κ1) is 19.0. The van der Waals surface area contributed by atoms with E-state index in [1.807, 2.05) is 7.05 Å². The van der Waals surface area contributed by atoms with Gasteiger partial charge in [0.1, 0.15) is 0 Å². The van der Waals surface area contributed by atoms with E-state index in [9.17, 15) is 0 Å². The predicted octanol–water partition coefficient (Wildman–Crippen LogP) is 2.44. The Labute approximate surface area is 135 Å². The number of aliphatic imine (C=N–C) groups is 1. The Balaban J connectivity index is 0.00000324. The smallest absolute Gasteiger partial charge is 0.191 e. The normalized spacial score (nSPS) is 17.5. The van der Waals surface area contributed by atoms with Crippen LogP contribution in [-0.4, -0.2) is 50.1 Å². The van der Waals surface area contributed by atoms with Gasteiger partial charge in [0.15, 0.2) is 5.96 Å². The molecular formula is C14H31IN4. The van der Waals surface area contributed by atoms with Crippen molar-refractivity contribution in [2.75, 3.05) is 27.2 Å². The highest BCUT2D eigenvalue weighted by Gasteiger charge is 2.14. The molecule has 1 rings (SSSR count). The number of halogens is 1. The maximum Gasteiger partial charge on any atom is 0.191 e. The second-order valence-corrected chi connectivity index (χ2v) is 5.55. The molecule has 0 bridgehead atoms. The summed E-state index contributed by atoms with van der Waals surface area (Å²) in [5.74, 6) is 0.957. The van der Waals surface area contributed by atoms with Gasteiger partial charge in [-0.25, -0.2) is 0 Å². The van der Waals surface area contributed by atoms with Gasteiger partial charge in [0.25, 0.3) is 0 Å². The summed E-state index contributed by atoms with van der Waals surface area (Å²) in [5.41, 5.74) is 0. The summed E-state index contributed by atoms with van der Waals surface area (Å²) in [7, 11) is 4.01. The average molecular weight is 382 g/mol. The molecule has 0 spiro atoms. The molecule has 1 fully saturated rings. The number of hydrogen-bond donors (Lipinski definition) is 2. The van der Waals surface area contributed by atoms with E-state index in [0.717, 1.165) is 19.0 Å². The van der Waals surface area contributed by atoms with E-state index in [1.165, 1.54) is 32.1 Å². The third-order valence-corrected chi connectivity index (χ3v) is 3.81. The van der Waals surface area contributed by atoms with Crippen molar-refractivity contribution in [2.45, 2.75) is 58.0 Å². The van der Waals surface area contributed by atoms with Gasteiger partial charge >= 0.3 is 0 Å². The van der Waals surface area contributed by atoms with Crippen LogP contribution in [0, 0.1) is 0 Å². The second-order valence-electron chi connectivity index (χ2n) is 5.55. The summed E-state index contributed by atoms with van der Waals surface area (Å²) in [6.07, 6.45) is 6.66. The zero-order valence-corrected chi connectivity index (χ0v) is 15.2. The molecule has 0 amide bonds. The van der Waals surface area contributed by atoms with Gasteiger partial charge in [-0.2, -0.15) is 0 Å². The van der Waals surface area contributed by atoms with Crippen molar-refractivity contribution in [2.24, 2.45) is 4.99 Å². The highest BCUT2D eigenvalue weighted by Crippen LogP contribution is 2.17. The highest BCUT2D eigenvalue weighted by atomic mass is 127. The monoisotopic (exact) mass is 382 g/mol. The Kier molecular flexibility index (Phi) is 10.7. The minimum Gasteiger partial charge on any atom is -0.355 e. The maximum absolute atomic E-state index is 4.30. The minimum absolute atomic E-state index is 0. The number of rotatable bonds is 5. The number of hydrogen-bond acceptors (Lipinski definition) is 2. The van der Waals surface area contributed by atoms with E-state index in [4.69, 9.17) is 0 Å². The number of nitrogens with zero attached hydrogens (tertiary/aromatic N) is 2. The number of guanidine groups is 1. The Morgan fingerprint density at radius 1 is 1.26 bits per heavy atom. The molecule has 1 aliphatic carbocycles. The van der Waals surface area contributed by atoms with Crippen LogP contribution in [-0.2, 0) is 0 Å². The fourth-order valence-electron chi connectivity index (χ4n) is 2.24. The van der Waals surface area contributed by atoms with Crippen molar-refractivity contribution < 1.29 is 0 Å². The number of likely N-dealkylation sites (N-methyl/N-ethyl adjacent to an activating group) is 1. The first-order valence-corrected chi connectivity index (χ1v) is 7.31. The molecule has 0 aromatic carbocycles. The summed E-state index contributed by atoms with van der Waals surface area (Å²) in [4.78, 5) is 6.63. The van der Waals surface area contributed by atoms with Crippen LogP contribution < -0.4 is 10.6 Å². The van der Waals surface area contributed by atoms with Crippen LogP contribution in [0.5, 0.6) is 0 Å². The molecule has 0 heterocycles. The molecule has 0 aromatic heterocycles. The van der Waals surface area contributed by atoms with Gasteiger partial charge in [-0.05, 0) is 33.7 Å². The number of nitrogens with one attached hydrogen (secondary N) is 2. The molecule has 0 unspecified atom stereocenters. The summed E-state index contributed by atoms with van der Waals surface area (Å²) >= 11 is 0. The molecule has 0 aliphatic heterocycles. The molecule has 4 nitrogen and oxygen atoms in total. The predicted molar refractivity (Wildman–Crippen MR) is 94.6 cm³/mol. The summed E-state index contributed by atoms with van der Waals surface area (Å²) < 4.78 is 0. The third kappa shape index (κ3) is 7.97. The van der Waals surface area contributed by atoms with Crippen molar-refractivity contribution in [1.29, 1.82) is 0 Å². The zero-order valence-electron chi connectivity index (χ0n) is 12.9. The Morgan fingerprint density at radius 3 is 2.42 bits per heavy atom. The van der Waals surface area contributed by atoms with Crippen LogP contribution in [0.1, 0.15) is 46.0 Å². The molecule has 0 saturated heterocycles. The summed E-state index contributed by atoms with van der Waals surface area (Å²) in [6, 6.07) is 1.22. The van der Waals surface area contributed by atoms with Crippen molar-refractivity contribution in [1.82, 2.24) is 15.5 Å². The second kappa shape index (κ2) is 10.7. The van der Waals surface area contributed by atoms with Gasteiger partial charge in [0.2, 0.25) is 0 Å². The van der Waals surface area contributed by atoms with E-state index in [0.29, 0.717) is 12.1 Å². The Hall–Kier alpha value is -0.0400. The quantitative estimate of drug-likeness (QED) is 0.436. The first-order chi connectivity index (χ1) is 8.63. The van der Waals surface area contributed by atoms with Crippen LogP contribution >= 0.6 is 24.0 Å². The molecule has 0 atom stereocenters. The van der Waals surface area contributed by atoms with Crippen LogP contribution in [0.25, 0.3) is 0 Å². The van der Waals surface area contributed by atoms with Crippen molar-refractivity contribution in [3.63, 3.8) is 0 Å². The van der Waals surface area contributed by atoms with Crippen LogP contribution in [0.15, 0.2) is 4.99 Å². The standard InChI is InChI=1S/C14H30N4.HI/c1-12(2)18(4)11-10-16-14(15-3)17-13-8-6-5-7-9-13;/h12-13H,5-11H2,1-4H3,(H2,15,16,17);1H. The molecule has 1 saturated carbocycles. The third-order valence-electron chi connectivity index (χ3n) is 3.81. The highest BCUT2D eigenvalue weighted by molar-refractivity contribution is 14.0.